The maximum Gasteiger partial charge on any atom is 0.134 e. The smallest absolute Gasteiger partial charge is 0.134 e. The molecular weight excluding hydrogens is 172 g/mol. The highest BCUT2D eigenvalue weighted by Crippen LogP contribution is 1.94. The molecule has 0 aliphatic carbocycles. The van der Waals surface area contributed by atoms with E-state index in [1.165, 1.54) is 16.9 Å². The highest BCUT2D eigenvalue weighted by Gasteiger charge is 2.10. The second-order valence-electron chi connectivity index (χ2n) is 4.10. The van der Waals surface area contributed by atoms with Gasteiger partial charge in [-0.05, 0) is 0 Å². The summed E-state index contributed by atoms with van der Waals surface area (Å²) in [5.41, 5.74) is 5.53. The predicted octanol–water partition coefficient (Wildman–Crippen LogP) is -0.278. The second kappa shape index (κ2) is 5.78. The summed E-state index contributed by atoms with van der Waals surface area (Å²) in [7, 11) is 2.24. The van der Waals surface area contributed by atoms with Gasteiger partial charge in [0, 0.05) is 12.0 Å². The lowest BCUT2D eigenvalue weighted by atomic mass is 10.2. The molecule has 0 heterocycles. The zero-order valence-electron chi connectivity index (χ0n) is 9.29. The molecule has 1 aromatic rings. The first kappa shape index (κ1) is 11.2. The summed E-state index contributed by atoms with van der Waals surface area (Å²) in [6, 6.07) is 11.2. The highest BCUT2D eigenvalue weighted by molar-refractivity contribution is 5.13. The van der Waals surface area contributed by atoms with Crippen LogP contribution in [0.5, 0.6) is 0 Å². The Morgan fingerprint density at radius 1 is 1.29 bits per heavy atom. The Morgan fingerprint density at radius 2 is 1.93 bits per heavy atom. The number of benzene rings is 1. The number of likely N-dealkylation sites (N-methyl/N-ethyl adjacent to an activating group) is 1. The summed E-state index contributed by atoms with van der Waals surface area (Å²) in [4.78, 5) is 1.54. The first-order chi connectivity index (χ1) is 6.72. The molecule has 14 heavy (non-hydrogen) atoms. The van der Waals surface area contributed by atoms with Crippen LogP contribution in [0.3, 0.4) is 0 Å². The van der Waals surface area contributed by atoms with Crippen LogP contribution >= 0.6 is 0 Å². The van der Waals surface area contributed by atoms with E-state index in [9.17, 15) is 0 Å². The number of hydrogen-bond donors (Lipinski definition) is 2. The van der Waals surface area contributed by atoms with Gasteiger partial charge >= 0.3 is 0 Å². The fourth-order valence-corrected chi connectivity index (χ4v) is 1.65. The fourth-order valence-electron chi connectivity index (χ4n) is 1.65. The van der Waals surface area contributed by atoms with Crippen molar-refractivity contribution in [2.45, 2.75) is 25.9 Å². The topological polar surface area (TPSA) is 32.1 Å². The summed E-state index contributed by atoms with van der Waals surface area (Å²) in [5.74, 6) is 0. The minimum absolute atomic E-state index is 0.582. The van der Waals surface area contributed by atoms with E-state index < -0.39 is 0 Å². The molecule has 1 rings (SSSR count). The molecule has 1 aromatic carbocycles. The molecule has 0 aromatic heterocycles. The summed E-state index contributed by atoms with van der Waals surface area (Å²) >= 11 is 0. The summed E-state index contributed by atoms with van der Waals surface area (Å²) in [5, 5.41) is 0. The normalized spacial score (nSPS) is 15.1. The van der Waals surface area contributed by atoms with E-state index in [2.05, 4.69) is 50.0 Å². The molecule has 78 valence electrons. The van der Waals surface area contributed by atoms with Gasteiger partial charge in [0.15, 0.2) is 0 Å². The molecule has 0 spiro atoms. The Balaban J connectivity index is 2.37. The molecule has 1 unspecified atom stereocenters. The van der Waals surface area contributed by atoms with E-state index in [1.54, 1.807) is 0 Å². The highest BCUT2D eigenvalue weighted by atomic mass is 15.1. The van der Waals surface area contributed by atoms with E-state index in [0.29, 0.717) is 6.04 Å². The number of quaternary nitrogens is 2. The average molecular weight is 194 g/mol. The van der Waals surface area contributed by atoms with E-state index in [0.717, 1.165) is 13.1 Å². The lowest BCUT2D eigenvalue weighted by Gasteiger charge is -2.15. The molecule has 0 radical (unpaired) electrons. The van der Waals surface area contributed by atoms with Gasteiger partial charge < -0.3 is 10.6 Å². The fraction of sp³-hybridized carbons (Fsp3) is 0.500. The van der Waals surface area contributed by atoms with Gasteiger partial charge in [-0.25, -0.2) is 0 Å². The van der Waals surface area contributed by atoms with Crippen LogP contribution in [0, 0.1) is 0 Å². The van der Waals surface area contributed by atoms with Gasteiger partial charge in [-0.1, -0.05) is 37.3 Å². The first-order valence-electron chi connectivity index (χ1n) is 5.40. The third-order valence-corrected chi connectivity index (χ3v) is 2.56. The number of hydrogen-bond acceptors (Lipinski definition) is 0. The molecule has 2 nitrogen and oxygen atoms in total. The standard InChI is InChI=1S/C12H20N2/c1-3-12(13)10-14(2)9-11-7-5-4-6-8-11/h4-8,12H,3,9-10,13H2,1-2H3/p+2/t12-/m0/s1. The molecule has 0 amide bonds. The van der Waals surface area contributed by atoms with E-state index >= 15 is 0 Å². The van der Waals surface area contributed by atoms with Gasteiger partial charge in [0.25, 0.3) is 0 Å². The number of nitrogens with one attached hydrogen (secondary N) is 1. The van der Waals surface area contributed by atoms with E-state index in [4.69, 9.17) is 0 Å². The minimum atomic E-state index is 0.582. The van der Waals surface area contributed by atoms with Gasteiger partial charge in [-0.2, -0.15) is 0 Å². The third-order valence-electron chi connectivity index (χ3n) is 2.56. The van der Waals surface area contributed by atoms with Crippen molar-refractivity contribution >= 4 is 0 Å². The Kier molecular flexibility index (Phi) is 4.63. The van der Waals surface area contributed by atoms with Crippen LogP contribution in [0.4, 0.5) is 0 Å². The van der Waals surface area contributed by atoms with Gasteiger partial charge in [-0.3, -0.25) is 0 Å². The maximum atomic E-state index is 4.12. The van der Waals surface area contributed by atoms with E-state index in [1.807, 2.05) is 0 Å². The molecule has 0 saturated heterocycles. The van der Waals surface area contributed by atoms with Crippen LogP contribution in [-0.2, 0) is 6.54 Å². The van der Waals surface area contributed by atoms with Crippen LogP contribution in [0.15, 0.2) is 30.3 Å². The Bertz CT molecular complexity index is 246. The molecular formula is C12H22N2+2. The largest absolute Gasteiger partial charge is 0.350 e. The predicted molar refractivity (Wildman–Crippen MR) is 58.9 cm³/mol. The SMILES string of the molecule is CC[C@H]([NH3+])C[NH+](C)Cc1ccccc1. The van der Waals surface area contributed by atoms with Crippen molar-refractivity contribution in [2.24, 2.45) is 0 Å². The Morgan fingerprint density at radius 3 is 2.50 bits per heavy atom. The number of rotatable bonds is 5. The average Bonchev–Trinajstić information content (AvgIpc) is 2.19. The van der Waals surface area contributed by atoms with Crippen molar-refractivity contribution in [1.29, 1.82) is 0 Å². The zero-order chi connectivity index (χ0) is 10.4. The van der Waals surface area contributed by atoms with Crippen molar-refractivity contribution in [1.82, 2.24) is 0 Å². The Labute approximate surface area is 86.7 Å². The van der Waals surface area contributed by atoms with Gasteiger partial charge in [0.2, 0.25) is 0 Å². The molecule has 4 N–H and O–H groups in total. The molecule has 0 aliphatic heterocycles. The van der Waals surface area contributed by atoms with Crippen LogP contribution in [0.25, 0.3) is 0 Å². The minimum Gasteiger partial charge on any atom is -0.350 e. The van der Waals surface area contributed by atoms with Crippen LogP contribution < -0.4 is 10.6 Å². The first-order valence-corrected chi connectivity index (χ1v) is 5.40. The van der Waals surface area contributed by atoms with Crippen molar-refractivity contribution in [3.05, 3.63) is 35.9 Å². The van der Waals surface area contributed by atoms with Crippen molar-refractivity contribution in [2.75, 3.05) is 13.6 Å². The van der Waals surface area contributed by atoms with Crippen molar-refractivity contribution < 1.29 is 10.6 Å². The van der Waals surface area contributed by atoms with Crippen LogP contribution in [-0.4, -0.2) is 19.6 Å². The molecule has 2 heteroatoms. The van der Waals surface area contributed by atoms with Crippen molar-refractivity contribution in [3.8, 4) is 0 Å². The molecule has 0 bridgehead atoms. The van der Waals surface area contributed by atoms with Gasteiger partial charge in [-0.15, -0.1) is 0 Å². The monoisotopic (exact) mass is 194 g/mol. The van der Waals surface area contributed by atoms with Crippen LogP contribution in [0.1, 0.15) is 18.9 Å². The van der Waals surface area contributed by atoms with Crippen LogP contribution in [0.2, 0.25) is 0 Å². The summed E-state index contributed by atoms with van der Waals surface area (Å²) < 4.78 is 0. The van der Waals surface area contributed by atoms with Crippen molar-refractivity contribution in [3.63, 3.8) is 0 Å². The lowest BCUT2D eigenvalue weighted by Crippen LogP contribution is -3.10. The third kappa shape index (κ3) is 3.90. The summed E-state index contributed by atoms with van der Waals surface area (Å²) in [6.45, 7) is 4.46. The maximum absolute atomic E-state index is 4.12. The zero-order valence-corrected chi connectivity index (χ0v) is 9.29. The Hall–Kier alpha value is -0.860. The van der Waals surface area contributed by atoms with E-state index in [-0.39, 0.29) is 0 Å². The molecule has 0 fully saturated rings. The van der Waals surface area contributed by atoms with Gasteiger partial charge in [0.1, 0.15) is 19.1 Å². The molecule has 0 aliphatic rings. The lowest BCUT2D eigenvalue weighted by molar-refractivity contribution is -0.903. The quantitative estimate of drug-likeness (QED) is 0.646. The second-order valence-corrected chi connectivity index (χ2v) is 4.10. The molecule has 0 saturated carbocycles. The summed E-state index contributed by atoms with van der Waals surface area (Å²) in [6.07, 6.45) is 1.17. The molecule has 2 atom stereocenters. The van der Waals surface area contributed by atoms with Gasteiger partial charge in [0.05, 0.1) is 7.05 Å².